The SMILES string of the molecule is Cc1cc(Br)ccc1C(=O)NC1(C(=O)O)CCSCC1. The summed E-state index contributed by atoms with van der Waals surface area (Å²) in [7, 11) is 0. The van der Waals surface area contributed by atoms with Crippen molar-refractivity contribution >= 4 is 39.6 Å². The number of aliphatic carboxylic acids is 1. The Labute approximate surface area is 130 Å². The molecule has 1 aliphatic rings. The van der Waals surface area contributed by atoms with E-state index in [1.165, 1.54) is 0 Å². The van der Waals surface area contributed by atoms with Gasteiger partial charge >= 0.3 is 5.97 Å². The number of carbonyl (C=O) groups is 2. The fourth-order valence-electron chi connectivity index (χ4n) is 2.28. The van der Waals surface area contributed by atoms with Gasteiger partial charge in [-0.1, -0.05) is 15.9 Å². The summed E-state index contributed by atoms with van der Waals surface area (Å²) < 4.78 is 0.897. The van der Waals surface area contributed by atoms with Crippen LogP contribution in [0.25, 0.3) is 0 Å². The Bertz CT molecular complexity index is 541. The van der Waals surface area contributed by atoms with Crippen LogP contribution in [-0.2, 0) is 4.79 Å². The van der Waals surface area contributed by atoms with E-state index in [-0.39, 0.29) is 5.91 Å². The van der Waals surface area contributed by atoms with Gasteiger partial charge in [0.1, 0.15) is 5.54 Å². The number of aryl methyl sites for hydroxylation is 1. The van der Waals surface area contributed by atoms with E-state index in [9.17, 15) is 14.7 Å². The van der Waals surface area contributed by atoms with Crippen molar-refractivity contribution in [3.63, 3.8) is 0 Å². The summed E-state index contributed by atoms with van der Waals surface area (Å²) in [5, 5.41) is 12.2. The van der Waals surface area contributed by atoms with E-state index in [1.807, 2.05) is 13.0 Å². The van der Waals surface area contributed by atoms with Crippen LogP contribution in [-0.4, -0.2) is 34.0 Å². The van der Waals surface area contributed by atoms with Gasteiger partial charge in [-0.15, -0.1) is 0 Å². The smallest absolute Gasteiger partial charge is 0.329 e. The first-order chi connectivity index (χ1) is 9.44. The van der Waals surface area contributed by atoms with E-state index in [2.05, 4.69) is 21.2 Å². The molecule has 0 unspecified atom stereocenters. The van der Waals surface area contributed by atoms with E-state index in [4.69, 9.17) is 0 Å². The Morgan fingerprint density at radius 1 is 1.35 bits per heavy atom. The van der Waals surface area contributed by atoms with Crippen molar-refractivity contribution in [1.29, 1.82) is 0 Å². The molecular weight excluding hydrogens is 342 g/mol. The summed E-state index contributed by atoms with van der Waals surface area (Å²) in [6.07, 6.45) is 0.933. The molecule has 4 nitrogen and oxygen atoms in total. The molecule has 1 amide bonds. The molecular formula is C14H16BrNO3S. The second-order valence-electron chi connectivity index (χ2n) is 4.91. The van der Waals surface area contributed by atoms with Gasteiger partial charge < -0.3 is 10.4 Å². The van der Waals surface area contributed by atoms with Crippen LogP contribution in [0, 0.1) is 6.92 Å². The summed E-state index contributed by atoms with van der Waals surface area (Å²) in [5.41, 5.74) is 0.219. The van der Waals surface area contributed by atoms with Crippen molar-refractivity contribution in [2.24, 2.45) is 0 Å². The molecule has 2 N–H and O–H groups in total. The third-order valence-electron chi connectivity index (χ3n) is 3.54. The molecule has 1 fully saturated rings. The average molecular weight is 358 g/mol. The van der Waals surface area contributed by atoms with Crippen molar-refractivity contribution < 1.29 is 14.7 Å². The number of carboxylic acids is 1. The van der Waals surface area contributed by atoms with E-state index in [0.717, 1.165) is 21.5 Å². The number of hydrogen-bond acceptors (Lipinski definition) is 3. The molecule has 1 aromatic carbocycles. The van der Waals surface area contributed by atoms with Crippen LogP contribution >= 0.6 is 27.7 Å². The number of thioether (sulfide) groups is 1. The lowest BCUT2D eigenvalue weighted by molar-refractivity contribution is -0.144. The Morgan fingerprint density at radius 2 is 2.00 bits per heavy atom. The minimum Gasteiger partial charge on any atom is -0.480 e. The van der Waals surface area contributed by atoms with Gasteiger partial charge in [0.15, 0.2) is 0 Å². The van der Waals surface area contributed by atoms with Crippen LogP contribution in [0.15, 0.2) is 22.7 Å². The highest BCUT2D eigenvalue weighted by molar-refractivity contribution is 9.10. The second kappa shape index (κ2) is 6.18. The van der Waals surface area contributed by atoms with Gasteiger partial charge in [-0.25, -0.2) is 4.79 Å². The molecule has 0 aromatic heterocycles. The lowest BCUT2D eigenvalue weighted by Gasteiger charge is -2.33. The van der Waals surface area contributed by atoms with Crippen LogP contribution in [0.1, 0.15) is 28.8 Å². The average Bonchev–Trinajstić information content (AvgIpc) is 2.39. The predicted octanol–water partition coefficient (Wildman–Crippen LogP) is 2.84. The Kier molecular flexibility index (Phi) is 4.75. The fraction of sp³-hybridized carbons (Fsp3) is 0.429. The van der Waals surface area contributed by atoms with Crippen LogP contribution in [0.2, 0.25) is 0 Å². The van der Waals surface area contributed by atoms with Crippen molar-refractivity contribution in [3.8, 4) is 0 Å². The molecule has 1 heterocycles. The highest BCUT2D eigenvalue weighted by atomic mass is 79.9. The summed E-state index contributed by atoms with van der Waals surface area (Å²) >= 11 is 5.07. The molecule has 0 atom stereocenters. The van der Waals surface area contributed by atoms with Crippen molar-refractivity contribution in [2.45, 2.75) is 25.3 Å². The maximum absolute atomic E-state index is 12.4. The molecule has 108 valence electrons. The van der Waals surface area contributed by atoms with E-state index in [0.29, 0.717) is 18.4 Å². The monoisotopic (exact) mass is 357 g/mol. The number of nitrogens with one attached hydrogen (secondary N) is 1. The highest BCUT2D eigenvalue weighted by Gasteiger charge is 2.41. The number of benzene rings is 1. The van der Waals surface area contributed by atoms with Gasteiger partial charge in [-0.05, 0) is 55.0 Å². The third-order valence-corrected chi connectivity index (χ3v) is 5.02. The number of amides is 1. The van der Waals surface area contributed by atoms with Crippen LogP contribution in [0.3, 0.4) is 0 Å². The van der Waals surface area contributed by atoms with Crippen molar-refractivity contribution in [1.82, 2.24) is 5.32 Å². The molecule has 1 saturated heterocycles. The normalized spacial score (nSPS) is 17.5. The fourth-order valence-corrected chi connectivity index (χ4v) is 3.94. The minimum atomic E-state index is -1.12. The summed E-state index contributed by atoms with van der Waals surface area (Å²) in [5.74, 6) is 0.253. The first-order valence-electron chi connectivity index (χ1n) is 6.34. The van der Waals surface area contributed by atoms with E-state index in [1.54, 1.807) is 23.9 Å². The number of carbonyl (C=O) groups excluding carboxylic acids is 1. The van der Waals surface area contributed by atoms with Gasteiger partial charge in [-0.3, -0.25) is 4.79 Å². The molecule has 0 spiro atoms. The molecule has 0 aliphatic carbocycles. The van der Waals surface area contributed by atoms with Crippen LogP contribution in [0.4, 0.5) is 0 Å². The lowest BCUT2D eigenvalue weighted by Crippen LogP contribution is -2.56. The zero-order valence-electron chi connectivity index (χ0n) is 11.1. The Morgan fingerprint density at radius 3 is 2.55 bits per heavy atom. The minimum absolute atomic E-state index is 0.315. The van der Waals surface area contributed by atoms with Gasteiger partial charge in [-0.2, -0.15) is 11.8 Å². The standard InChI is InChI=1S/C14H16BrNO3S/c1-9-8-10(15)2-3-11(9)12(17)16-14(13(18)19)4-6-20-7-5-14/h2-3,8H,4-7H2,1H3,(H,16,17)(H,18,19). The van der Waals surface area contributed by atoms with Crippen molar-refractivity contribution in [2.75, 3.05) is 11.5 Å². The van der Waals surface area contributed by atoms with Crippen LogP contribution in [0.5, 0.6) is 0 Å². The maximum atomic E-state index is 12.4. The summed E-state index contributed by atoms with van der Waals surface area (Å²) in [6.45, 7) is 1.84. The third kappa shape index (κ3) is 3.17. The highest BCUT2D eigenvalue weighted by Crippen LogP contribution is 2.28. The Balaban J connectivity index is 2.22. The molecule has 1 aliphatic heterocycles. The first kappa shape index (κ1) is 15.4. The van der Waals surface area contributed by atoms with Crippen LogP contribution < -0.4 is 5.32 Å². The molecule has 2 rings (SSSR count). The molecule has 20 heavy (non-hydrogen) atoms. The number of hydrogen-bond donors (Lipinski definition) is 2. The van der Waals surface area contributed by atoms with E-state index < -0.39 is 11.5 Å². The van der Waals surface area contributed by atoms with Gasteiger partial charge in [0.2, 0.25) is 0 Å². The molecule has 6 heteroatoms. The number of halogens is 1. The second-order valence-corrected chi connectivity index (χ2v) is 7.05. The zero-order chi connectivity index (χ0) is 14.8. The van der Waals surface area contributed by atoms with Gasteiger partial charge in [0.05, 0.1) is 0 Å². The van der Waals surface area contributed by atoms with E-state index >= 15 is 0 Å². The lowest BCUT2D eigenvalue weighted by atomic mass is 9.91. The summed E-state index contributed by atoms with van der Waals surface area (Å²) in [4.78, 5) is 23.9. The zero-order valence-corrected chi connectivity index (χ0v) is 13.5. The number of rotatable bonds is 3. The van der Waals surface area contributed by atoms with Crippen molar-refractivity contribution in [3.05, 3.63) is 33.8 Å². The molecule has 0 bridgehead atoms. The Hall–Kier alpha value is -1.01. The molecule has 0 radical (unpaired) electrons. The van der Waals surface area contributed by atoms with Gasteiger partial charge in [0, 0.05) is 10.0 Å². The summed E-state index contributed by atoms with van der Waals surface area (Å²) in [6, 6.07) is 5.34. The molecule has 1 aromatic rings. The van der Waals surface area contributed by atoms with Gasteiger partial charge in [0.25, 0.3) is 5.91 Å². The quantitative estimate of drug-likeness (QED) is 0.872. The largest absolute Gasteiger partial charge is 0.480 e. The predicted molar refractivity (Wildman–Crippen MR) is 83.3 cm³/mol. The number of carboxylic acid groups (broad SMARTS) is 1. The maximum Gasteiger partial charge on any atom is 0.329 e. The topological polar surface area (TPSA) is 66.4 Å². The first-order valence-corrected chi connectivity index (χ1v) is 8.29. The molecule has 0 saturated carbocycles.